The molecule has 6 nitrogen and oxygen atoms in total. The Bertz CT molecular complexity index is 1430. The van der Waals surface area contributed by atoms with Crippen molar-refractivity contribution in [3.63, 3.8) is 0 Å². The van der Waals surface area contributed by atoms with Gasteiger partial charge < -0.3 is 14.4 Å². The number of carbonyl (C=O) groups excluding carboxylic acids is 1. The average molecular weight is 479 g/mol. The molecule has 0 spiro atoms. The van der Waals surface area contributed by atoms with Gasteiger partial charge in [0.15, 0.2) is 0 Å². The number of fused-ring (bicyclic) bond motifs is 1. The van der Waals surface area contributed by atoms with E-state index >= 15 is 0 Å². The Morgan fingerprint density at radius 2 is 1.88 bits per heavy atom. The Kier molecular flexibility index (Phi) is 5.70. The van der Waals surface area contributed by atoms with Crippen LogP contribution in [0.4, 0.5) is 10.1 Å². The molecule has 1 saturated heterocycles. The number of thiophene rings is 2. The summed E-state index contributed by atoms with van der Waals surface area (Å²) in [5.74, 6) is -0.355. The lowest BCUT2D eigenvalue weighted by molar-refractivity contribution is 0.0751. The molecule has 4 heterocycles. The lowest BCUT2D eigenvalue weighted by atomic mass is 10.1. The summed E-state index contributed by atoms with van der Waals surface area (Å²) in [6, 6.07) is 13.8. The molecule has 0 saturated carbocycles. The van der Waals surface area contributed by atoms with Gasteiger partial charge in [-0.3, -0.25) is 9.59 Å². The summed E-state index contributed by atoms with van der Waals surface area (Å²) in [5.41, 5.74) is 1.70. The van der Waals surface area contributed by atoms with E-state index < -0.39 is 0 Å². The third kappa shape index (κ3) is 3.92. The van der Waals surface area contributed by atoms with Gasteiger partial charge in [-0.1, -0.05) is 18.2 Å². The van der Waals surface area contributed by atoms with Gasteiger partial charge in [-0.25, -0.2) is 4.39 Å². The van der Waals surface area contributed by atoms with E-state index in [1.54, 1.807) is 16.7 Å². The molecule has 0 aliphatic carbocycles. The highest BCUT2D eigenvalue weighted by atomic mass is 32.1. The van der Waals surface area contributed by atoms with Gasteiger partial charge in [-0.2, -0.15) is 5.26 Å². The number of nitriles is 1. The molecular weight excluding hydrogens is 459 g/mol. The molecule has 1 amide bonds. The van der Waals surface area contributed by atoms with Crippen molar-refractivity contribution in [2.24, 2.45) is 0 Å². The lowest BCUT2D eigenvalue weighted by Gasteiger charge is -2.36. The normalized spacial score (nSPS) is 13.9. The van der Waals surface area contributed by atoms with Crippen molar-refractivity contribution in [2.45, 2.75) is 6.54 Å². The molecule has 1 aliphatic heterocycles. The zero-order valence-corrected chi connectivity index (χ0v) is 19.2. The summed E-state index contributed by atoms with van der Waals surface area (Å²) in [6.07, 6.45) is 0. The van der Waals surface area contributed by atoms with Crippen LogP contribution in [0.5, 0.6) is 0 Å². The van der Waals surface area contributed by atoms with Crippen LogP contribution in [0.25, 0.3) is 10.2 Å². The van der Waals surface area contributed by atoms with E-state index in [4.69, 9.17) is 0 Å². The Hall–Kier alpha value is -3.48. The van der Waals surface area contributed by atoms with E-state index in [0.29, 0.717) is 42.3 Å². The van der Waals surface area contributed by atoms with E-state index in [1.165, 1.54) is 34.8 Å². The van der Waals surface area contributed by atoms with Gasteiger partial charge in [0.1, 0.15) is 17.4 Å². The van der Waals surface area contributed by atoms with Crippen LogP contribution in [-0.2, 0) is 6.54 Å². The molecule has 0 radical (unpaired) electrons. The van der Waals surface area contributed by atoms with Gasteiger partial charge in [0.05, 0.1) is 27.3 Å². The zero-order chi connectivity index (χ0) is 22.9. The Labute approximate surface area is 197 Å². The predicted molar refractivity (Wildman–Crippen MR) is 129 cm³/mol. The number of carbonyl (C=O) groups is 1. The van der Waals surface area contributed by atoms with Crippen LogP contribution in [0.1, 0.15) is 20.8 Å². The molecule has 9 heteroatoms. The summed E-state index contributed by atoms with van der Waals surface area (Å²) in [4.78, 5) is 30.6. The van der Waals surface area contributed by atoms with Gasteiger partial charge >= 0.3 is 0 Å². The monoisotopic (exact) mass is 478 g/mol. The highest BCUT2D eigenvalue weighted by molar-refractivity contribution is 7.17. The number of amides is 1. The van der Waals surface area contributed by atoms with E-state index in [9.17, 15) is 19.2 Å². The number of piperazine rings is 1. The Morgan fingerprint density at radius 3 is 2.58 bits per heavy atom. The maximum Gasteiger partial charge on any atom is 0.271 e. The summed E-state index contributed by atoms with van der Waals surface area (Å²) in [5, 5.41) is 13.7. The fraction of sp³-hybridized carbons (Fsp3) is 0.208. The topological polar surface area (TPSA) is 69.3 Å². The minimum absolute atomic E-state index is 0.0111. The Balaban J connectivity index is 1.49. The van der Waals surface area contributed by atoms with Crippen LogP contribution in [-0.4, -0.2) is 41.6 Å². The molecular formula is C24H19FN4O2S2. The quantitative estimate of drug-likeness (QED) is 0.442. The molecule has 166 valence electrons. The van der Waals surface area contributed by atoms with Crippen LogP contribution in [0.15, 0.2) is 58.0 Å². The first kappa shape index (κ1) is 21.4. The fourth-order valence-electron chi connectivity index (χ4n) is 4.22. The van der Waals surface area contributed by atoms with Crippen LogP contribution >= 0.6 is 22.7 Å². The van der Waals surface area contributed by atoms with Gasteiger partial charge in [-0.15, -0.1) is 22.7 Å². The van der Waals surface area contributed by atoms with Crippen molar-refractivity contribution < 1.29 is 9.18 Å². The number of pyridine rings is 1. The van der Waals surface area contributed by atoms with Crippen molar-refractivity contribution in [3.8, 4) is 6.07 Å². The minimum atomic E-state index is -0.389. The molecule has 1 aliphatic rings. The molecule has 0 N–H and O–H groups in total. The minimum Gasteiger partial charge on any atom is -0.366 e. The summed E-state index contributed by atoms with van der Waals surface area (Å²) >= 11 is 2.90. The van der Waals surface area contributed by atoms with Gasteiger partial charge in [0, 0.05) is 26.2 Å². The SMILES string of the molecule is N#Cc1c(N2CCN(C(=O)c3cccs3)CC2)c2sccc2n(Cc2cccc(F)c2)c1=O. The molecule has 1 aromatic carbocycles. The third-order valence-corrected chi connectivity index (χ3v) is 7.57. The molecule has 0 atom stereocenters. The van der Waals surface area contributed by atoms with Gasteiger partial charge in [0.25, 0.3) is 11.5 Å². The number of rotatable bonds is 4. The van der Waals surface area contributed by atoms with E-state index in [2.05, 4.69) is 6.07 Å². The van der Waals surface area contributed by atoms with E-state index in [0.717, 1.165) is 10.2 Å². The van der Waals surface area contributed by atoms with Gasteiger partial charge in [-0.05, 0) is 40.6 Å². The lowest BCUT2D eigenvalue weighted by Crippen LogP contribution is -2.49. The number of anilines is 1. The molecule has 0 bridgehead atoms. The molecule has 4 aromatic rings. The maximum absolute atomic E-state index is 13.7. The number of hydrogen-bond donors (Lipinski definition) is 0. The Morgan fingerprint density at radius 1 is 1.06 bits per heavy atom. The number of hydrogen-bond acceptors (Lipinski definition) is 6. The first-order valence-electron chi connectivity index (χ1n) is 10.4. The first-order chi connectivity index (χ1) is 16.1. The smallest absolute Gasteiger partial charge is 0.271 e. The van der Waals surface area contributed by atoms with Crippen molar-refractivity contribution >= 4 is 44.5 Å². The zero-order valence-electron chi connectivity index (χ0n) is 17.5. The second-order valence-corrected chi connectivity index (χ2v) is 9.61. The van der Waals surface area contributed by atoms with Crippen molar-refractivity contribution in [1.29, 1.82) is 5.26 Å². The molecule has 0 unspecified atom stereocenters. The number of nitrogens with zero attached hydrogens (tertiary/aromatic N) is 4. The molecule has 33 heavy (non-hydrogen) atoms. The second-order valence-electron chi connectivity index (χ2n) is 7.75. The average Bonchev–Trinajstić information content (AvgIpc) is 3.53. The van der Waals surface area contributed by atoms with E-state index in [-0.39, 0.29) is 29.4 Å². The van der Waals surface area contributed by atoms with Crippen LogP contribution in [0.3, 0.4) is 0 Å². The highest BCUT2D eigenvalue weighted by Gasteiger charge is 2.28. The van der Waals surface area contributed by atoms with Crippen molar-refractivity contribution in [3.05, 3.63) is 85.4 Å². The van der Waals surface area contributed by atoms with Crippen LogP contribution in [0.2, 0.25) is 0 Å². The standard InChI is InChI=1S/C24H19FN4O2S2/c25-17-4-1-3-16(13-17)15-29-19-6-12-33-22(19)21(18(14-26)23(29)30)27-7-9-28(10-8-27)24(31)20-5-2-11-32-20/h1-6,11-13H,7-10,15H2. The highest BCUT2D eigenvalue weighted by Crippen LogP contribution is 2.34. The summed E-state index contributed by atoms with van der Waals surface area (Å²) in [7, 11) is 0. The third-order valence-electron chi connectivity index (χ3n) is 5.80. The van der Waals surface area contributed by atoms with Crippen LogP contribution in [0, 0.1) is 17.1 Å². The number of aromatic nitrogens is 1. The first-order valence-corrected chi connectivity index (χ1v) is 12.2. The number of halogens is 1. The summed E-state index contributed by atoms with van der Waals surface area (Å²) < 4.78 is 16.1. The predicted octanol–water partition coefficient (Wildman–Crippen LogP) is 4.15. The molecule has 1 fully saturated rings. The van der Waals surface area contributed by atoms with E-state index in [1.807, 2.05) is 38.8 Å². The molecule has 5 rings (SSSR count). The van der Waals surface area contributed by atoms with Gasteiger partial charge in [0.2, 0.25) is 0 Å². The fourth-order valence-corrected chi connectivity index (χ4v) is 5.88. The van der Waals surface area contributed by atoms with Crippen molar-refractivity contribution in [2.75, 3.05) is 31.1 Å². The summed E-state index contributed by atoms with van der Waals surface area (Å²) in [6.45, 7) is 2.28. The number of benzene rings is 1. The van der Waals surface area contributed by atoms with Crippen molar-refractivity contribution in [1.82, 2.24) is 9.47 Å². The second kappa shape index (κ2) is 8.81. The largest absolute Gasteiger partial charge is 0.366 e. The maximum atomic E-state index is 13.7. The molecule has 3 aromatic heterocycles. The van der Waals surface area contributed by atoms with Crippen LogP contribution < -0.4 is 10.5 Å².